The molecule has 0 aliphatic rings. The van der Waals surface area contributed by atoms with Crippen LogP contribution in [0.5, 0.6) is 5.75 Å². The number of halogens is 5. The molecule has 11 heteroatoms. The number of carbonyl (C=O) groups is 1. The molecule has 1 rings (SSSR count). The first-order valence-corrected chi connectivity index (χ1v) is 8.10. The van der Waals surface area contributed by atoms with E-state index in [1.165, 1.54) is 26.2 Å². The predicted molar refractivity (Wildman–Crippen MR) is 92.2 cm³/mol. The molecule has 0 spiro atoms. The fourth-order valence-corrected chi connectivity index (χ4v) is 2.12. The maximum absolute atomic E-state index is 13.0. The van der Waals surface area contributed by atoms with Gasteiger partial charge >= 0.3 is 12.1 Å². The lowest BCUT2D eigenvalue weighted by Gasteiger charge is -2.13. The van der Waals surface area contributed by atoms with E-state index in [1.54, 1.807) is 0 Å². The number of rotatable bonds is 9. The number of nitrogens with zero attached hydrogens (tertiary/aromatic N) is 1. The van der Waals surface area contributed by atoms with E-state index in [9.17, 15) is 18.0 Å². The summed E-state index contributed by atoms with van der Waals surface area (Å²) in [5.41, 5.74) is 0.848. The van der Waals surface area contributed by atoms with Gasteiger partial charge in [-0.05, 0) is 13.0 Å². The monoisotopic (exact) mass is 416 g/mol. The number of hydrogen-bond donors (Lipinski definition) is 1. The third-order valence-corrected chi connectivity index (χ3v) is 3.43. The van der Waals surface area contributed by atoms with Crippen LogP contribution < -0.4 is 10.2 Å². The van der Waals surface area contributed by atoms with E-state index in [0.717, 1.165) is 0 Å². The second-order valence-corrected chi connectivity index (χ2v) is 5.57. The molecule has 0 radical (unpaired) electrons. The lowest BCUT2D eigenvalue weighted by molar-refractivity contribution is -0.142. The van der Waals surface area contributed by atoms with Gasteiger partial charge in [-0.2, -0.15) is 18.3 Å². The molecule has 0 saturated carbocycles. The van der Waals surface area contributed by atoms with Crippen molar-refractivity contribution < 1.29 is 32.2 Å². The number of hydrogen-bond acceptors (Lipinski definition) is 6. The van der Waals surface area contributed by atoms with Crippen LogP contribution in [-0.2, 0) is 14.3 Å². The van der Waals surface area contributed by atoms with E-state index < -0.39 is 24.3 Å². The predicted octanol–water partition coefficient (Wildman–Crippen LogP) is 4.30. The Hall–Kier alpha value is -1.71. The molecule has 0 atom stereocenters. The van der Waals surface area contributed by atoms with Crippen LogP contribution >= 0.6 is 23.2 Å². The normalized spacial score (nSPS) is 12.0. The number of alkyl halides is 3. The number of esters is 1. The van der Waals surface area contributed by atoms with Gasteiger partial charge in [0.15, 0.2) is 5.71 Å². The average Bonchev–Trinajstić information content (AvgIpc) is 2.54. The quantitative estimate of drug-likeness (QED) is 0.281. The standard InChI is InChI=1S/C15H17Cl2F3N2O4/c1-3-25-14(23)8-13(15(18,19)20)22-21-11-7-12(26-5-4-24-2)10(17)6-9(11)16/h6-7,21H,3-5,8H2,1-2H3. The summed E-state index contributed by atoms with van der Waals surface area (Å²) >= 11 is 11.9. The largest absolute Gasteiger partial charge is 0.490 e. The molecule has 146 valence electrons. The topological polar surface area (TPSA) is 69.2 Å². The van der Waals surface area contributed by atoms with Crippen LogP contribution in [-0.4, -0.2) is 44.8 Å². The summed E-state index contributed by atoms with van der Waals surface area (Å²) in [6.07, 6.45) is -5.86. The molecule has 0 aliphatic heterocycles. The minimum Gasteiger partial charge on any atom is -0.490 e. The van der Waals surface area contributed by atoms with Crippen LogP contribution in [0.4, 0.5) is 18.9 Å². The summed E-state index contributed by atoms with van der Waals surface area (Å²) in [4.78, 5) is 11.3. The molecule has 0 aromatic heterocycles. The zero-order chi connectivity index (χ0) is 19.7. The first-order chi connectivity index (χ1) is 12.2. The Kier molecular flexibility index (Phi) is 8.97. The Bertz CT molecular complexity index is 655. The molecule has 0 bridgehead atoms. The van der Waals surface area contributed by atoms with Crippen molar-refractivity contribution in [3.8, 4) is 5.75 Å². The minimum absolute atomic E-state index is 0.0223. The summed E-state index contributed by atoms with van der Waals surface area (Å²) in [7, 11) is 1.48. The van der Waals surface area contributed by atoms with Crippen molar-refractivity contribution in [2.75, 3.05) is 32.4 Å². The van der Waals surface area contributed by atoms with E-state index in [-0.39, 0.29) is 41.3 Å². The lowest BCUT2D eigenvalue weighted by atomic mass is 10.2. The number of carbonyl (C=O) groups excluding carboxylic acids is 1. The molecule has 6 nitrogen and oxygen atoms in total. The molecule has 1 aromatic carbocycles. The van der Waals surface area contributed by atoms with Crippen molar-refractivity contribution in [1.29, 1.82) is 0 Å². The molecular weight excluding hydrogens is 400 g/mol. The van der Waals surface area contributed by atoms with Crippen molar-refractivity contribution in [2.45, 2.75) is 19.5 Å². The SMILES string of the molecule is CCOC(=O)CC(=NNc1cc(OCCOC)c(Cl)cc1Cl)C(F)(F)F. The Labute approximate surface area is 158 Å². The Morgan fingerprint density at radius 3 is 2.50 bits per heavy atom. The highest BCUT2D eigenvalue weighted by Crippen LogP contribution is 2.34. The first-order valence-electron chi connectivity index (χ1n) is 7.35. The summed E-state index contributed by atoms with van der Waals surface area (Å²) in [5.74, 6) is -0.860. The molecule has 0 aliphatic carbocycles. The third kappa shape index (κ3) is 7.27. The number of nitrogens with one attached hydrogen (secondary N) is 1. The number of benzene rings is 1. The Balaban J connectivity index is 3.00. The summed E-state index contributed by atoms with van der Waals surface area (Å²) in [6.45, 7) is 1.91. The maximum Gasteiger partial charge on any atom is 0.431 e. The molecule has 0 heterocycles. The van der Waals surface area contributed by atoms with E-state index in [2.05, 4.69) is 15.3 Å². The Morgan fingerprint density at radius 1 is 1.23 bits per heavy atom. The molecule has 0 saturated heterocycles. The van der Waals surface area contributed by atoms with Crippen LogP contribution in [0.1, 0.15) is 13.3 Å². The third-order valence-electron chi connectivity index (χ3n) is 2.82. The molecule has 0 amide bonds. The van der Waals surface area contributed by atoms with Gasteiger partial charge in [0.1, 0.15) is 12.4 Å². The van der Waals surface area contributed by atoms with E-state index in [1.807, 2.05) is 0 Å². The first kappa shape index (κ1) is 22.3. The van der Waals surface area contributed by atoms with E-state index in [4.69, 9.17) is 32.7 Å². The summed E-state index contributed by atoms with van der Waals surface area (Å²) < 4.78 is 53.7. The second kappa shape index (κ2) is 10.4. The summed E-state index contributed by atoms with van der Waals surface area (Å²) in [6, 6.07) is 2.59. The number of ether oxygens (including phenoxy) is 3. The van der Waals surface area contributed by atoms with Crippen molar-refractivity contribution in [3.63, 3.8) is 0 Å². The minimum atomic E-state index is -4.82. The fourth-order valence-electron chi connectivity index (χ4n) is 1.64. The van der Waals surface area contributed by atoms with E-state index >= 15 is 0 Å². The van der Waals surface area contributed by atoms with Crippen LogP contribution in [0, 0.1) is 0 Å². The molecule has 26 heavy (non-hydrogen) atoms. The van der Waals surface area contributed by atoms with Crippen LogP contribution in [0.2, 0.25) is 10.0 Å². The van der Waals surface area contributed by atoms with Crippen LogP contribution in [0.3, 0.4) is 0 Å². The maximum atomic E-state index is 13.0. The van der Waals surface area contributed by atoms with Gasteiger partial charge in [0.05, 0.1) is 35.4 Å². The highest BCUT2D eigenvalue weighted by atomic mass is 35.5. The van der Waals surface area contributed by atoms with Crippen LogP contribution in [0.15, 0.2) is 17.2 Å². The highest BCUT2D eigenvalue weighted by Gasteiger charge is 2.37. The van der Waals surface area contributed by atoms with Gasteiger partial charge in [-0.15, -0.1) is 0 Å². The number of hydrazone groups is 1. The van der Waals surface area contributed by atoms with Crippen molar-refractivity contribution in [1.82, 2.24) is 0 Å². The average molecular weight is 417 g/mol. The van der Waals surface area contributed by atoms with Gasteiger partial charge < -0.3 is 14.2 Å². The molecular formula is C15H17Cl2F3N2O4. The number of anilines is 1. The molecule has 1 N–H and O–H groups in total. The van der Waals surface area contributed by atoms with Crippen molar-refractivity contribution >= 4 is 40.6 Å². The molecule has 0 unspecified atom stereocenters. The van der Waals surface area contributed by atoms with Gasteiger partial charge in [-0.3, -0.25) is 10.2 Å². The van der Waals surface area contributed by atoms with Crippen molar-refractivity contribution in [2.24, 2.45) is 5.10 Å². The zero-order valence-corrected chi connectivity index (χ0v) is 15.5. The molecule has 0 fully saturated rings. The van der Waals surface area contributed by atoms with Gasteiger partial charge in [-0.25, -0.2) is 0 Å². The zero-order valence-electron chi connectivity index (χ0n) is 14.0. The second-order valence-electron chi connectivity index (χ2n) is 4.75. The van der Waals surface area contributed by atoms with Crippen molar-refractivity contribution in [3.05, 3.63) is 22.2 Å². The highest BCUT2D eigenvalue weighted by molar-refractivity contribution is 6.37. The molecule has 1 aromatic rings. The number of methoxy groups -OCH3 is 1. The van der Waals surface area contributed by atoms with Crippen LogP contribution in [0.25, 0.3) is 0 Å². The fraction of sp³-hybridized carbons (Fsp3) is 0.467. The van der Waals surface area contributed by atoms with E-state index in [0.29, 0.717) is 0 Å². The smallest absolute Gasteiger partial charge is 0.431 e. The van der Waals surface area contributed by atoms with Gasteiger partial charge in [0, 0.05) is 13.2 Å². The lowest BCUT2D eigenvalue weighted by Crippen LogP contribution is -2.27. The Morgan fingerprint density at radius 2 is 1.92 bits per heavy atom. The van der Waals surface area contributed by atoms with Gasteiger partial charge in [-0.1, -0.05) is 23.2 Å². The van der Waals surface area contributed by atoms with Gasteiger partial charge in [0.25, 0.3) is 0 Å². The van der Waals surface area contributed by atoms with Gasteiger partial charge in [0.2, 0.25) is 0 Å². The summed E-state index contributed by atoms with van der Waals surface area (Å²) in [5, 5.41) is 3.44.